The average Bonchev–Trinajstić information content (AvgIpc) is 2.20. The fourth-order valence-electron chi connectivity index (χ4n) is 1.58. The summed E-state index contributed by atoms with van der Waals surface area (Å²) in [6.45, 7) is 4.11. The zero-order valence-electron chi connectivity index (χ0n) is 8.49. The van der Waals surface area contributed by atoms with Crippen LogP contribution in [0.25, 0.3) is 0 Å². The predicted octanol–water partition coefficient (Wildman–Crippen LogP) is -2.83. The molecule has 0 spiro atoms. The minimum absolute atomic E-state index is 0. The van der Waals surface area contributed by atoms with E-state index in [0.29, 0.717) is 0 Å². The number of rotatable bonds is 1. The van der Waals surface area contributed by atoms with Crippen LogP contribution in [0, 0.1) is 0 Å². The zero-order chi connectivity index (χ0) is 9.10. The van der Waals surface area contributed by atoms with Crippen LogP contribution in [0.15, 0.2) is 24.3 Å². The van der Waals surface area contributed by atoms with E-state index in [0.717, 1.165) is 31.9 Å². The summed E-state index contributed by atoms with van der Waals surface area (Å²) in [5.41, 5.74) is 1.15. The molecule has 4 heteroatoms. The maximum Gasteiger partial charge on any atom is 1.00 e. The van der Waals surface area contributed by atoms with Crippen LogP contribution in [-0.4, -0.2) is 26.2 Å². The van der Waals surface area contributed by atoms with Gasteiger partial charge in [-0.25, -0.2) is 0 Å². The van der Waals surface area contributed by atoms with Crippen molar-refractivity contribution in [2.45, 2.75) is 0 Å². The SMILES string of the molecule is [Cs+].[O-]c1ccc(N2CCNCC2)cc1. The van der Waals surface area contributed by atoms with Gasteiger partial charge >= 0.3 is 68.9 Å². The molecule has 70 valence electrons. The third-order valence-corrected chi connectivity index (χ3v) is 2.32. The third-order valence-electron chi connectivity index (χ3n) is 2.32. The molecule has 0 radical (unpaired) electrons. The molecule has 0 bridgehead atoms. The minimum atomic E-state index is 0. The largest absolute Gasteiger partial charge is 1.00 e. The van der Waals surface area contributed by atoms with Crippen molar-refractivity contribution in [3.05, 3.63) is 24.3 Å². The van der Waals surface area contributed by atoms with Crippen molar-refractivity contribution in [2.24, 2.45) is 0 Å². The van der Waals surface area contributed by atoms with Gasteiger partial charge in [-0.15, -0.1) is 5.75 Å². The molecule has 14 heavy (non-hydrogen) atoms. The number of hydrogen-bond acceptors (Lipinski definition) is 3. The molecule has 1 aromatic rings. The van der Waals surface area contributed by atoms with Gasteiger partial charge in [-0.2, -0.15) is 0 Å². The van der Waals surface area contributed by atoms with Crippen molar-refractivity contribution in [3.63, 3.8) is 0 Å². The predicted molar refractivity (Wildman–Crippen MR) is 51.0 cm³/mol. The number of nitrogens with one attached hydrogen (secondary N) is 1. The molecule has 0 saturated carbocycles. The number of benzene rings is 1. The Morgan fingerprint density at radius 2 is 1.64 bits per heavy atom. The molecule has 1 aromatic carbocycles. The zero-order valence-corrected chi connectivity index (χ0v) is 14.8. The average molecular weight is 310 g/mol. The van der Waals surface area contributed by atoms with E-state index in [9.17, 15) is 5.11 Å². The fraction of sp³-hybridized carbons (Fsp3) is 0.400. The van der Waals surface area contributed by atoms with Crippen LogP contribution in [-0.2, 0) is 0 Å². The monoisotopic (exact) mass is 310 g/mol. The van der Waals surface area contributed by atoms with Crippen LogP contribution < -0.4 is 84.2 Å². The van der Waals surface area contributed by atoms with E-state index in [4.69, 9.17) is 0 Å². The summed E-state index contributed by atoms with van der Waals surface area (Å²) in [5, 5.41) is 14.2. The maximum absolute atomic E-state index is 10.9. The van der Waals surface area contributed by atoms with Gasteiger partial charge in [-0.3, -0.25) is 0 Å². The molecule has 0 aliphatic carbocycles. The molecule has 1 aliphatic rings. The second kappa shape index (κ2) is 6.42. The van der Waals surface area contributed by atoms with Crippen LogP contribution in [0.2, 0.25) is 0 Å². The molecular weight excluding hydrogens is 297 g/mol. The molecule has 0 amide bonds. The molecule has 1 aliphatic heterocycles. The molecule has 1 saturated heterocycles. The van der Waals surface area contributed by atoms with Crippen LogP contribution in [0.1, 0.15) is 0 Å². The first-order valence-corrected chi connectivity index (χ1v) is 4.59. The number of hydrogen-bond donors (Lipinski definition) is 1. The van der Waals surface area contributed by atoms with E-state index in [1.54, 1.807) is 12.1 Å². The van der Waals surface area contributed by atoms with Gasteiger partial charge in [0, 0.05) is 31.9 Å². The van der Waals surface area contributed by atoms with Gasteiger partial charge in [0.05, 0.1) is 0 Å². The first-order chi connectivity index (χ1) is 6.36. The summed E-state index contributed by atoms with van der Waals surface area (Å²) in [6, 6.07) is 7.04. The molecule has 1 heterocycles. The minimum Gasteiger partial charge on any atom is -0.872 e. The van der Waals surface area contributed by atoms with Crippen molar-refractivity contribution >= 4 is 5.69 Å². The topological polar surface area (TPSA) is 38.3 Å². The van der Waals surface area contributed by atoms with Gasteiger partial charge in [0.2, 0.25) is 0 Å². The first kappa shape index (κ1) is 12.9. The van der Waals surface area contributed by atoms with Crippen LogP contribution in [0.3, 0.4) is 0 Å². The molecule has 1 fully saturated rings. The summed E-state index contributed by atoms with van der Waals surface area (Å²) >= 11 is 0. The smallest absolute Gasteiger partial charge is 0.872 e. The summed E-state index contributed by atoms with van der Waals surface area (Å²) in [7, 11) is 0. The maximum atomic E-state index is 10.9. The van der Waals surface area contributed by atoms with Crippen molar-refractivity contribution in [1.82, 2.24) is 5.32 Å². The van der Waals surface area contributed by atoms with Crippen molar-refractivity contribution < 1.29 is 74.0 Å². The van der Waals surface area contributed by atoms with Crippen LogP contribution in [0.5, 0.6) is 5.75 Å². The van der Waals surface area contributed by atoms with Crippen LogP contribution in [0.4, 0.5) is 5.69 Å². The number of nitrogens with zero attached hydrogens (tertiary/aromatic N) is 1. The molecular formula is C10H13CsN2O. The quantitative estimate of drug-likeness (QED) is 0.608. The van der Waals surface area contributed by atoms with Gasteiger partial charge in [-0.1, -0.05) is 12.1 Å². The molecule has 1 N–H and O–H groups in total. The third kappa shape index (κ3) is 3.45. The van der Waals surface area contributed by atoms with Gasteiger partial charge in [0.1, 0.15) is 0 Å². The van der Waals surface area contributed by atoms with E-state index in [1.807, 2.05) is 12.1 Å². The van der Waals surface area contributed by atoms with E-state index in [1.165, 1.54) is 0 Å². The van der Waals surface area contributed by atoms with Crippen LogP contribution >= 0.6 is 0 Å². The Kier molecular flexibility index (Phi) is 5.92. The van der Waals surface area contributed by atoms with Gasteiger partial charge in [0.25, 0.3) is 0 Å². The fourth-order valence-corrected chi connectivity index (χ4v) is 1.58. The van der Waals surface area contributed by atoms with Gasteiger partial charge in [-0.05, 0) is 12.1 Å². The summed E-state index contributed by atoms with van der Waals surface area (Å²) in [5.74, 6) is 0.0823. The Balaban J connectivity index is 0.000000980. The standard InChI is InChI=1S/C10H14N2O.Cs/c13-10-3-1-9(2-4-10)12-7-5-11-6-8-12;/h1-4,11,13H,5-8H2;/q;+1/p-1. The summed E-state index contributed by atoms with van der Waals surface area (Å²) in [6.07, 6.45) is 0. The van der Waals surface area contributed by atoms with Crippen molar-refractivity contribution in [2.75, 3.05) is 31.1 Å². The molecule has 0 aromatic heterocycles. The number of piperazine rings is 1. The molecule has 0 unspecified atom stereocenters. The Bertz CT molecular complexity index is 270. The normalized spacial score (nSPS) is 16.1. The van der Waals surface area contributed by atoms with Gasteiger partial charge < -0.3 is 15.3 Å². The second-order valence-electron chi connectivity index (χ2n) is 3.23. The number of anilines is 1. The van der Waals surface area contributed by atoms with E-state index in [2.05, 4.69) is 10.2 Å². The second-order valence-corrected chi connectivity index (χ2v) is 3.23. The molecule has 3 nitrogen and oxygen atoms in total. The Morgan fingerprint density at radius 1 is 1.07 bits per heavy atom. The molecule has 2 rings (SSSR count). The Labute approximate surface area is 143 Å². The Hall–Kier alpha value is 0.832. The van der Waals surface area contributed by atoms with E-state index >= 15 is 0 Å². The van der Waals surface area contributed by atoms with E-state index < -0.39 is 0 Å². The molecule has 0 atom stereocenters. The van der Waals surface area contributed by atoms with Gasteiger partial charge in [0.15, 0.2) is 0 Å². The van der Waals surface area contributed by atoms with Crippen molar-refractivity contribution in [1.29, 1.82) is 0 Å². The summed E-state index contributed by atoms with van der Waals surface area (Å²) < 4.78 is 0. The van der Waals surface area contributed by atoms with E-state index in [-0.39, 0.29) is 74.6 Å². The Morgan fingerprint density at radius 3 is 2.21 bits per heavy atom. The summed E-state index contributed by atoms with van der Waals surface area (Å²) in [4.78, 5) is 2.29. The van der Waals surface area contributed by atoms with Crippen molar-refractivity contribution in [3.8, 4) is 5.75 Å². The first-order valence-electron chi connectivity index (χ1n) is 4.59.